The first-order chi connectivity index (χ1) is 14.2. The number of hydrogen-bond donors (Lipinski definition) is 0. The summed E-state index contributed by atoms with van der Waals surface area (Å²) in [5, 5.41) is 10.1. The highest BCUT2D eigenvalue weighted by atomic mass is 16.5. The minimum Gasteiger partial charge on any atom is -0.493 e. The number of rotatable bonds is 4. The topological polar surface area (TPSA) is 48.7 Å². The Kier molecular flexibility index (Phi) is 5.28. The van der Waals surface area contributed by atoms with Crippen LogP contribution < -0.4 is 9.47 Å². The highest BCUT2D eigenvalue weighted by molar-refractivity contribution is 5.78. The standard InChI is InChI=1S/C24H25N3O2/c1-26-16-27-12-11-18-13-22(28-2)23(29-3)14-19(18)24(27)20(15-25)21(26)10-9-17-7-5-4-6-8-17/h4-10,13-14,21H,11-12,16H2,1-3H3/b10-9+. The summed E-state index contributed by atoms with van der Waals surface area (Å²) in [4.78, 5) is 4.51. The zero-order chi connectivity index (χ0) is 20.4. The Morgan fingerprint density at radius 1 is 1.10 bits per heavy atom. The fourth-order valence-electron chi connectivity index (χ4n) is 4.19. The van der Waals surface area contributed by atoms with E-state index in [1.54, 1.807) is 14.2 Å². The van der Waals surface area contributed by atoms with Crippen LogP contribution in [0.15, 0.2) is 54.1 Å². The van der Waals surface area contributed by atoms with Gasteiger partial charge >= 0.3 is 0 Å². The third-order valence-corrected chi connectivity index (χ3v) is 5.64. The van der Waals surface area contributed by atoms with E-state index in [1.165, 1.54) is 5.56 Å². The summed E-state index contributed by atoms with van der Waals surface area (Å²) in [6.45, 7) is 1.65. The van der Waals surface area contributed by atoms with E-state index in [0.717, 1.165) is 47.8 Å². The molecule has 2 aliphatic rings. The molecule has 0 bridgehead atoms. The molecule has 1 atom stereocenters. The number of fused-ring (bicyclic) bond motifs is 3. The molecule has 148 valence electrons. The lowest BCUT2D eigenvalue weighted by atomic mass is 9.89. The molecule has 0 aromatic heterocycles. The monoisotopic (exact) mass is 387 g/mol. The molecule has 1 unspecified atom stereocenters. The van der Waals surface area contributed by atoms with Gasteiger partial charge in [0.1, 0.15) is 0 Å². The van der Waals surface area contributed by atoms with E-state index in [-0.39, 0.29) is 6.04 Å². The Bertz CT molecular complexity index is 1000. The van der Waals surface area contributed by atoms with Crippen molar-refractivity contribution in [2.45, 2.75) is 12.5 Å². The zero-order valence-electron chi connectivity index (χ0n) is 17.1. The SMILES string of the molecule is COc1cc2c(cc1OC)C1=C(C#N)C(/C=C/c3ccccc3)N(C)CN1CC2. The van der Waals surface area contributed by atoms with E-state index >= 15 is 0 Å². The van der Waals surface area contributed by atoms with Crippen molar-refractivity contribution in [2.75, 3.05) is 34.5 Å². The summed E-state index contributed by atoms with van der Waals surface area (Å²) in [6.07, 6.45) is 5.12. The van der Waals surface area contributed by atoms with E-state index < -0.39 is 0 Å². The van der Waals surface area contributed by atoms with E-state index in [2.05, 4.69) is 47.2 Å². The molecule has 0 saturated carbocycles. The third kappa shape index (κ3) is 3.48. The van der Waals surface area contributed by atoms with Gasteiger partial charge in [-0.1, -0.05) is 42.5 Å². The molecule has 0 fully saturated rings. The molecular formula is C24H25N3O2. The second kappa shape index (κ2) is 8.02. The van der Waals surface area contributed by atoms with Crippen molar-refractivity contribution in [3.8, 4) is 17.6 Å². The van der Waals surface area contributed by atoms with Crippen LogP contribution in [0.5, 0.6) is 11.5 Å². The lowest BCUT2D eigenvalue weighted by Gasteiger charge is -2.44. The minimum absolute atomic E-state index is 0.0782. The second-order valence-electron chi connectivity index (χ2n) is 7.36. The third-order valence-electron chi connectivity index (χ3n) is 5.64. The largest absolute Gasteiger partial charge is 0.493 e. The number of benzene rings is 2. The Morgan fingerprint density at radius 2 is 1.83 bits per heavy atom. The number of likely N-dealkylation sites (N-methyl/N-ethyl adjacent to an activating group) is 1. The first-order valence-electron chi connectivity index (χ1n) is 9.74. The van der Waals surface area contributed by atoms with Crippen LogP contribution in [-0.4, -0.2) is 50.3 Å². The molecule has 4 rings (SSSR count). The summed E-state index contributed by atoms with van der Waals surface area (Å²) in [6, 6.07) is 16.7. The summed E-state index contributed by atoms with van der Waals surface area (Å²) >= 11 is 0. The van der Waals surface area contributed by atoms with Gasteiger partial charge in [-0.05, 0) is 36.7 Å². The van der Waals surface area contributed by atoms with Gasteiger partial charge in [0.15, 0.2) is 11.5 Å². The predicted molar refractivity (Wildman–Crippen MR) is 114 cm³/mol. The van der Waals surface area contributed by atoms with Crippen LogP contribution in [0, 0.1) is 11.3 Å². The Balaban J connectivity index is 1.82. The lowest BCUT2D eigenvalue weighted by molar-refractivity contribution is 0.178. The van der Waals surface area contributed by atoms with Crippen LogP contribution in [0.25, 0.3) is 11.8 Å². The maximum absolute atomic E-state index is 10.1. The van der Waals surface area contributed by atoms with Gasteiger partial charge in [0, 0.05) is 12.1 Å². The van der Waals surface area contributed by atoms with Gasteiger partial charge in [-0.15, -0.1) is 0 Å². The number of methoxy groups -OCH3 is 2. The fraction of sp³-hybridized carbons (Fsp3) is 0.292. The van der Waals surface area contributed by atoms with Crippen LogP contribution in [0.2, 0.25) is 0 Å². The average Bonchev–Trinajstić information content (AvgIpc) is 2.76. The molecule has 29 heavy (non-hydrogen) atoms. The smallest absolute Gasteiger partial charge is 0.161 e. The number of nitriles is 1. The number of nitrogens with zero attached hydrogens (tertiary/aromatic N) is 3. The van der Waals surface area contributed by atoms with E-state index in [0.29, 0.717) is 5.75 Å². The Hall–Kier alpha value is -3.23. The van der Waals surface area contributed by atoms with Crippen LogP contribution >= 0.6 is 0 Å². The van der Waals surface area contributed by atoms with Gasteiger partial charge in [-0.2, -0.15) is 5.26 Å². The molecule has 0 N–H and O–H groups in total. The first-order valence-corrected chi connectivity index (χ1v) is 9.74. The molecule has 0 aliphatic carbocycles. The minimum atomic E-state index is -0.0782. The fourth-order valence-corrected chi connectivity index (χ4v) is 4.19. The number of ether oxygens (including phenoxy) is 2. The highest BCUT2D eigenvalue weighted by Crippen LogP contribution is 2.41. The lowest BCUT2D eigenvalue weighted by Crippen LogP contribution is -2.48. The van der Waals surface area contributed by atoms with Crippen LogP contribution in [-0.2, 0) is 6.42 Å². The molecule has 0 saturated heterocycles. The van der Waals surface area contributed by atoms with Crippen molar-refractivity contribution in [1.82, 2.24) is 9.80 Å². The van der Waals surface area contributed by atoms with Gasteiger partial charge in [-0.3, -0.25) is 4.90 Å². The maximum Gasteiger partial charge on any atom is 0.161 e. The normalized spacial score (nSPS) is 19.0. The number of hydrogen-bond acceptors (Lipinski definition) is 5. The zero-order valence-corrected chi connectivity index (χ0v) is 17.1. The van der Waals surface area contributed by atoms with Crippen molar-refractivity contribution in [1.29, 1.82) is 5.26 Å². The quantitative estimate of drug-likeness (QED) is 0.799. The van der Waals surface area contributed by atoms with Gasteiger partial charge in [0.05, 0.1) is 44.3 Å². The van der Waals surface area contributed by atoms with Crippen LogP contribution in [0.4, 0.5) is 0 Å². The second-order valence-corrected chi connectivity index (χ2v) is 7.36. The Labute approximate surface area is 172 Å². The molecule has 0 radical (unpaired) electrons. The molecule has 2 aromatic rings. The van der Waals surface area contributed by atoms with Crippen molar-refractivity contribution in [3.05, 3.63) is 70.8 Å². The van der Waals surface area contributed by atoms with E-state index in [4.69, 9.17) is 9.47 Å². The summed E-state index contributed by atoms with van der Waals surface area (Å²) in [5.41, 5.74) is 5.16. The van der Waals surface area contributed by atoms with E-state index in [1.807, 2.05) is 30.3 Å². The van der Waals surface area contributed by atoms with Crippen LogP contribution in [0.3, 0.4) is 0 Å². The maximum atomic E-state index is 10.1. The highest BCUT2D eigenvalue weighted by Gasteiger charge is 2.35. The van der Waals surface area contributed by atoms with Gasteiger partial charge in [0.25, 0.3) is 0 Å². The van der Waals surface area contributed by atoms with Crippen molar-refractivity contribution >= 4 is 11.8 Å². The molecule has 5 heteroatoms. The molecule has 2 aromatic carbocycles. The summed E-state index contributed by atoms with van der Waals surface area (Å²) < 4.78 is 11.0. The predicted octanol–water partition coefficient (Wildman–Crippen LogP) is 3.78. The molecular weight excluding hydrogens is 362 g/mol. The van der Waals surface area contributed by atoms with E-state index in [9.17, 15) is 5.26 Å². The van der Waals surface area contributed by atoms with Gasteiger partial charge < -0.3 is 14.4 Å². The molecule has 0 amide bonds. The van der Waals surface area contributed by atoms with Crippen molar-refractivity contribution < 1.29 is 9.47 Å². The average molecular weight is 387 g/mol. The first kappa shape index (κ1) is 19.1. The Morgan fingerprint density at radius 3 is 2.52 bits per heavy atom. The summed E-state index contributed by atoms with van der Waals surface area (Å²) in [7, 11) is 5.36. The van der Waals surface area contributed by atoms with Crippen LogP contribution in [0.1, 0.15) is 16.7 Å². The molecule has 2 heterocycles. The van der Waals surface area contributed by atoms with Gasteiger partial charge in [0.2, 0.25) is 0 Å². The summed E-state index contributed by atoms with van der Waals surface area (Å²) in [5.74, 6) is 1.42. The molecule has 5 nitrogen and oxygen atoms in total. The van der Waals surface area contributed by atoms with Gasteiger partial charge in [-0.25, -0.2) is 0 Å². The molecule has 2 aliphatic heterocycles. The van der Waals surface area contributed by atoms with Crippen molar-refractivity contribution in [2.24, 2.45) is 0 Å². The molecule has 0 spiro atoms. The van der Waals surface area contributed by atoms with Crippen molar-refractivity contribution in [3.63, 3.8) is 0 Å².